The van der Waals surface area contributed by atoms with Crippen LogP contribution >= 0.6 is 23.4 Å². The molecule has 0 atom stereocenters. The van der Waals surface area contributed by atoms with Crippen molar-refractivity contribution in [3.63, 3.8) is 0 Å². The average Bonchev–Trinajstić information content (AvgIpc) is 2.86. The Morgan fingerprint density at radius 1 is 1.10 bits per heavy atom. The Kier molecular flexibility index (Phi) is 2.94. The van der Waals surface area contributed by atoms with Gasteiger partial charge in [0.25, 0.3) is 5.56 Å². The molecule has 0 spiro atoms. The van der Waals surface area contributed by atoms with E-state index in [4.69, 9.17) is 11.6 Å². The molecule has 3 aromatic rings. The molecule has 0 saturated heterocycles. The van der Waals surface area contributed by atoms with E-state index in [1.807, 2.05) is 30.3 Å². The number of aromatic amines is 1. The molecule has 5 heteroatoms. The number of H-pyrrole nitrogens is 1. The van der Waals surface area contributed by atoms with Crippen LogP contribution in [0, 0.1) is 0 Å². The highest BCUT2D eigenvalue weighted by Crippen LogP contribution is 2.39. The highest BCUT2D eigenvalue weighted by atomic mass is 35.5. The van der Waals surface area contributed by atoms with Crippen LogP contribution in [0.1, 0.15) is 5.56 Å². The van der Waals surface area contributed by atoms with Gasteiger partial charge in [-0.05, 0) is 30.3 Å². The Labute approximate surface area is 130 Å². The maximum atomic E-state index is 12.6. The maximum Gasteiger partial charge on any atom is 0.275 e. The maximum absolute atomic E-state index is 12.6. The molecule has 1 aromatic heterocycles. The van der Waals surface area contributed by atoms with Crippen molar-refractivity contribution in [1.82, 2.24) is 9.78 Å². The summed E-state index contributed by atoms with van der Waals surface area (Å²) in [6.07, 6.45) is 0. The first-order valence-electron chi connectivity index (χ1n) is 6.56. The summed E-state index contributed by atoms with van der Waals surface area (Å²) in [7, 11) is 0. The van der Waals surface area contributed by atoms with Crippen LogP contribution in [0.2, 0.25) is 5.02 Å². The first kappa shape index (κ1) is 12.8. The zero-order chi connectivity index (χ0) is 14.4. The Morgan fingerprint density at radius 2 is 1.86 bits per heavy atom. The molecule has 0 aliphatic carbocycles. The van der Waals surface area contributed by atoms with Crippen LogP contribution in [0.5, 0.6) is 0 Å². The minimum Gasteiger partial charge on any atom is -0.290 e. The fraction of sp³-hybridized carbons (Fsp3) is 0.0625. The lowest BCUT2D eigenvalue weighted by Gasteiger charge is -2.13. The second kappa shape index (κ2) is 4.83. The topological polar surface area (TPSA) is 37.8 Å². The summed E-state index contributed by atoms with van der Waals surface area (Å²) in [5.41, 5.74) is 3.64. The van der Waals surface area contributed by atoms with Crippen molar-refractivity contribution in [2.75, 3.05) is 0 Å². The Morgan fingerprint density at radius 3 is 2.67 bits per heavy atom. The van der Waals surface area contributed by atoms with Crippen molar-refractivity contribution in [3.05, 3.63) is 69.5 Å². The molecule has 0 fully saturated rings. The van der Waals surface area contributed by atoms with Crippen LogP contribution in [0.3, 0.4) is 0 Å². The number of aromatic nitrogens is 2. The first-order chi connectivity index (χ1) is 10.2. The van der Waals surface area contributed by atoms with Gasteiger partial charge in [0.1, 0.15) is 0 Å². The van der Waals surface area contributed by atoms with Crippen molar-refractivity contribution in [3.8, 4) is 16.9 Å². The van der Waals surface area contributed by atoms with Gasteiger partial charge in [0.2, 0.25) is 0 Å². The van der Waals surface area contributed by atoms with Crippen LogP contribution in [0.15, 0.2) is 58.2 Å². The number of fused-ring (bicyclic) bond motifs is 3. The van der Waals surface area contributed by atoms with Gasteiger partial charge >= 0.3 is 0 Å². The molecule has 0 unspecified atom stereocenters. The van der Waals surface area contributed by atoms with E-state index in [1.54, 1.807) is 28.6 Å². The molecule has 2 aromatic carbocycles. The van der Waals surface area contributed by atoms with Crippen LogP contribution in [0.4, 0.5) is 0 Å². The van der Waals surface area contributed by atoms with Gasteiger partial charge in [0, 0.05) is 21.2 Å². The molecule has 0 amide bonds. The van der Waals surface area contributed by atoms with E-state index in [0.717, 1.165) is 22.5 Å². The predicted octanol–water partition coefficient (Wildman–Crippen LogP) is 4.09. The van der Waals surface area contributed by atoms with Crippen molar-refractivity contribution >= 4 is 23.4 Å². The van der Waals surface area contributed by atoms with Crippen molar-refractivity contribution in [1.29, 1.82) is 0 Å². The smallest absolute Gasteiger partial charge is 0.275 e. The fourth-order valence-electron chi connectivity index (χ4n) is 2.55. The summed E-state index contributed by atoms with van der Waals surface area (Å²) in [6.45, 7) is 0. The lowest BCUT2D eigenvalue weighted by molar-refractivity contribution is 0.850. The molecule has 21 heavy (non-hydrogen) atoms. The zero-order valence-electron chi connectivity index (χ0n) is 11.0. The molecular weight excluding hydrogens is 304 g/mol. The minimum absolute atomic E-state index is 0.00863. The Hall–Kier alpha value is -1.91. The van der Waals surface area contributed by atoms with E-state index in [0.29, 0.717) is 10.8 Å². The Bertz CT molecular complexity index is 880. The summed E-state index contributed by atoms with van der Waals surface area (Å²) >= 11 is 7.61. The zero-order valence-corrected chi connectivity index (χ0v) is 12.5. The van der Waals surface area contributed by atoms with Gasteiger partial charge < -0.3 is 0 Å². The van der Waals surface area contributed by atoms with Gasteiger partial charge in [-0.3, -0.25) is 9.89 Å². The lowest BCUT2D eigenvalue weighted by atomic mass is 10.1. The molecular formula is C16H11ClN2OS. The lowest BCUT2D eigenvalue weighted by Crippen LogP contribution is -2.17. The summed E-state index contributed by atoms with van der Waals surface area (Å²) in [4.78, 5) is 13.8. The van der Waals surface area contributed by atoms with Crippen molar-refractivity contribution in [2.24, 2.45) is 0 Å². The van der Waals surface area contributed by atoms with E-state index in [-0.39, 0.29) is 5.56 Å². The predicted molar refractivity (Wildman–Crippen MR) is 86.4 cm³/mol. The second-order valence-corrected chi connectivity index (χ2v) is 6.32. The minimum atomic E-state index is 0.00863. The van der Waals surface area contributed by atoms with Gasteiger partial charge in [-0.15, -0.1) is 11.8 Å². The number of hydrogen-bond donors (Lipinski definition) is 1. The third-order valence-electron chi connectivity index (χ3n) is 3.60. The largest absolute Gasteiger partial charge is 0.290 e. The average molecular weight is 315 g/mol. The van der Waals surface area contributed by atoms with Crippen molar-refractivity contribution in [2.45, 2.75) is 10.6 Å². The Balaban J connectivity index is 1.93. The molecule has 3 nitrogen and oxygen atoms in total. The molecule has 1 aliphatic heterocycles. The molecule has 0 radical (unpaired) electrons. The number of rotatable bonds is 1. The van der Waals surface area contributed by atoms with Gasteiger partial charge in [-0.25, -0.2) is 4.68 Å². The van der Waals surface area contributed by atoms with Gasteiger partial charge in [-0.1, -0.05) is 29.8 Å². The van der Waals surface area contributed by atoms with Crippen molar-refractivity contribution < 1.29 is 0 Å². The second-order valence-electron chi connectivity index (χ2n) is 4.87. The van der Waals surface area contributed by atoms with Gasteiger partial charge in [-0.2, -0.15) is 0 Å². The van der Waals surface area contributed by atoms with Gasteiger partial charge in [0.05, 0.1) is 16.9 Å². The third-order valence-corrected chi connectivity index (χ3v) is 4.95. The van der Waals surface area contributed by atoms with Crippen LogP contribution in [-0.2, 0) is 5.75 Å². The van der Waals surface area contributed by atoms with E-state index >= 15 is 0 Å². The highest BCUT2D eigenvalue weighted by molar-refractivity contribution is 7.98. The first-order valence-corrected chi connectivity index (χ1v) is 7.92. The van der Waals surface area contributed by atoms with Crippen LogP contribution in [0.25, 0.3) is 16.9 Å². The molecule has 0 saturated carbocycles. The molecule has 104 valence electrons. The number of nitrogens with zero attached hydrogens (tertiary/aromatic N) is 1. The number of nitrogens with one attached hydrogen (secondary N) is 1. The van der Waals surface area contributed by atoms with E-state index in [2.05, 4.69) is 11.2 Å². The van der Waals surface area contributed by atoms with E-state index in [1.165, 1.54) is 4.90 Å². The molecule has 1 aliphatic rings. The SMILES string of the molecule is O=c1c2c([nH]n1-c1ccc(Cl)cc1)-c1ccccc1SC2. The van der Waals surface area contributed by atoms with Crippen LogP contribution < -0.4 is 5.56 Å². The quantitative estimate of drug-likeness (QED) is 0.734. The fourth-order valence-corrected chi connectivity index (χ4v) is 3.74. The summed E-state index contributed by atoms with van der Waals surface area (Å²) in [6, 6.07) is 15.4. The summed E-state index contributed by atoms with van der Waals surface area (Å²) in [5, 5.41) is 3.90. The summed E-state index contributed by atoms with van der Waals surface area (Å²) < 4.78 is 1.59. The number of hydrogen-bond acceptors (Lipinski definition) is 2. The normalized spacial score (nSPS) is 12.8. The molecule has 1 N–H and O–H groups in total. The van der Waals surface area contributed by atoms with E-state index < -0.39 is 0 Å². The molecule has 0 bridgehead atoms. The standard InChI is InChI=1S/C16H11ClN2OS/c17-10-5-7-11(8-6-10)19-16(20)13-9-21-14-4-2-1-3-12(14)15(13)18-19/h1-8,18H,9H2. The highest BCUT2D eigenvalue weighted by Gasteiger charge is 2.23. The number of halogens is 1. The summed E-state index contributed by atoms with van der Waals surface area (Å²) in [5.74, 6) is 0.697. The third kappa shape index (κ3) is 2.03. The number of thioether (sulfide) groups is 1. The molecule has 4 rings (SSSR count). The van der Waals surface area contributed by atoms with E-state index in [9.17, 15) is 4.79 Å². The van der Waals surface area contributed by atoms with Crippen LogP contribution in [-0.4, -0.2) is 9.78 Å². The molecule has 2 heterocycles. The monoisotopic (exact) mass is 314 g/mol. The number of benzene rings is 2. The van der Waals surface area contributed by atoms with Gasteiger partial charge in [0.15, 0.2) is 0 Å².